The minimum atomic E-state index is -0.586. The third-order valence-corrected chi connectivity index (χ3v) is 4.65. The molecule has 1 aromatic heterocycles. The van der Waals surface area contributed by atoms with E-state index in [1.807, 2.05) is 62.4 Å². The van der Waals surface area contributed by atoms with Gasteiger partial charge in [0, 0.05) is 16.5 Å². The number of hydrogen-bond acceptors (Lipinski definition) is 5. The number of nitrogens with zero attached hydrogens (tertiary/aromatic N) is 1. The fraction of sp³-hybridized carbons (Fsp3) is 0.150. The topological polar surface area (TPSA) is 56.3 Å². The van der Waals surface area contributed by atoms with Gasteiger partial charge in [-0.2, -0.15) is 0 Å². The molecular weight excluding hydrogens is 334 g/mol. The molecule has 0 amide bonds. The Morgan fingerprint density at radius 2 is 1.84 bits per heavy atom. The van der Waals surface area contributed by atoms with Gasteiger partial charge >= 0.3 is 5.97 Å². The van der Waals surface area contributed by atoms with Crippen LogP contribution in [0.5, 0.6) is 0 Å². The molecule has 25 heavy (non-hydrogen) atoms. The normalized spacial score (nSPS) is 10.5. The Hall–Kier alpha value is -2.79. The molecule has 0 bridgehead atoms. The molecule has 0 spiro atoms. The number of aryl methyl sites for hydroxylation is 2. The zero-order valence-corrected chi connectivity index (χ0v) is 14.8. The Morgan fingerprint density at radius 1 is 1.08 bits per heavy atom. The molecular formula is C20H17NO3S. The van der Waals surface area contributed by atoms with Crippen molar-refractivity contribution in [1.82, 2.24) is 4.98 Å². The van der Waals surface area contributed by atoms with Crippen molar-refractivity contribution in [2.45, 2.75) is 13.8 Å². The lowest BCUT2D eigenvalue weighted by atomic mass is 10.0. The predicted molar refractivity (Wildman–Crippen MR) is 98.1 cm³/mol. The van der Waals surface area contributed by atoms with Crippen molar-refractivity contribution in [2.75, 3.05) is 6.61 Å². The number of carbonyl (C=O) groups excluding carboxylic acids is 2. The second-order valence-electron chi connectivity index (χ2n) is 5.72. The van der Waals surface area contributed by atoms with Gasteiger partial charge < -0.3 is 4.74 Å². The average Bonchev–Trinajstić information content (AvgIpc) is 3.12. The molecule has 0 atom stereocenters. The zero-order valence-electron chi connectivity index (χ0n) is 14.0. The van der Waals surface area contributed by atoms with E-state index in [0.29, 0.717) is 5.56 Å². The first-order valence-corrected chi connectivity index (χ1v) is 8.71. The third kappa shape index (κ3) is 4.00. The first-order chi connectivity index (χ1) is 12.0. The van der Waals surface area contributed by atoms with E-state index < -0.39 is 5.97 Å². The van der Waals surface area contributed by atoms with Gasteiger partial charge in [-0.15, -0.1) is 11.3 Å². The van der Waals surface area contributed by atoms with E-state index in [2.05, 4.69) is 4.98 Å². The van der Waals surface area contributed by atoms with Crippen LogP contribution < -0.4 is 0 Å². The summed E-state index contributed by atoms with van der Waals surface area (Å²) in [6.07, 6.45) is 0. The SMILES string of the molecule is Cc1ccc(C)c(C(=O)COC(=O)c2csc(-c3ccccc3)n2)c1. The van der Waals surface area contributed by atoms with Crippen molar-refractivity contribution in [3.8, 4) is 10.6 Å². The van der Waals surface area contributed by atoms with Gasteiger partial charge in [0.15, 0.2) is 12.3 Å². The summed E-state index contributed by atoms with van der Waals surface area (Å²) in [6, 6.07) is 15.2. The number of esters is 1. The Kier molecular flexibility index (Phi) is 5.05. The van der Waals surface area contributed by atoms with Gasteiger partial charge in [0.2, 0.25) is 5.78 Å². The van der Waals surface area contributed by atoms with Crippen LogP contribution in [0.4, 0.5) is 0 Å². The van der Waals surface area contributed by atoms with Crippen LogP contribution in [0.2, 0.25) is 0 Å². The molecule has 0 saturated carbocycles. The van der Waals surface area contributed by atoms with Crippen LogP contribution in [0.3, 0.4) is 0 Å². The van der Waals surface area contributed by atoms with Gasteiger partial charge in [-0.1, -0.05) is 48.0 Å². The number of hydrogen-bond donors (Lipinski definition) is 0. The second kappa shape index (κ2) is 7.40. The second-order valence-corrected chi connectivity index (χ2v) is 6.58. The summed E-state index contributed by atoms with van der Waals surface area (Å²) >= 11 is 1.37. The van der Waals surface area contributed by atoms with Crippen molar-refractivity contribution in [2.24, 2.45) is 0 Å². The molecule has 0 aliphatic heterocycles. The van der Waals surface area contributed by atoms with Gasteiger partial charge in [-0.25, -0.2) is 9.78 Å². The molecule has 5 heteroatoms. The highest BCUT2D eigenvalue weighted by molar-refractivity contribution is 7.13. The highest BCUT2D eigenvalue weighted by Gasteiger charge is 2.16. The number of ketones is 1. The Morgan fingerprint density at radius 3 is 2.60 bits per heavy atom. The van der Waals surface area contributed by atoms with Crippen LogP contribution in [-0.4, -0.2) is 23.3 Å². The summed E-state index contributed by atoms with van der Waals surface area (Å²) in [6.45, 7) is 3.49. The van der Waals surface area contributed by atoms with E-state index in [4.69, 9.17) is 4.74 Å². The zero-order chi connectivity index (χ0) is 17.8. The van der Waals surface area contributed by atoms with Gasteiger partial charge in [0.25, 0.3) is 0 Å². The number of rotatable bonds is 5. The van der Waals surface area contributed by atoms with Crippen LogP contribution in [0, 0.1) is 13.8 Å². The molecule has 4 nitrogen and oxygen atoms in total. The Balaban J connectivity index is 1.66. The van der Waals surface area contributed by atoms with Crippen LogP contribution >= 0.6 is 11.3 Å². The highest BCUT2D eigenvalue weighted by Crippen LogP contribution is 2.23. The van der Waals surface area contributed by atoms with E-state index in [0.717, 1.165) is 21.7 Å². The summed E-state index contributed by atoms with van der Waals surface area (Å²) < 4.78 is 5.14. The van der Waals surface area contributed by atoms with E-state index in [1.165, 1.54) is 11.3 Å². The van der Waals surface area contributed by atoms with E-state index >= 15 is 0 Å². The first kappa shape index (κ1) is 17.0. The highest BCUT2D eigenvalue weighted by atomic mass is 32.1. The van der Waals surface area contributed by atoms with Crippen molar-refractivity contribution in [3.63, 3.8) is 0 Å². The number of aromatic nitrogens is 1. The summed E-state index contributed by atoms with van der Waals surface area (Å²) in [5.74, 6) is -0.801. The number of carbonyl (C=O) groups is 2. The minimum absolute atomic E-state index is 0.215. The molecule has 0 radical (unpaired) electrons. The number of thiazole rings is 1. The molecule has 0 aliphatic carbocycles. The summed E-state index contributed by atoms with van der Waals surface area (Å²) in [4.78, 5) is 28.7. The maximum atomic E-state index is 12.3. The number of ether oxygens (including phenoxy) is 1. The van der Waals surface area contributed by atoms with Crippen LogP contribution in [0.1, 0.15) is 32.0 Å². The lowest BCUT2D eigenvalue weighted by molar-refractivity contribution is 0.0469. The van der Waals surface area contributed by atoms with Gasteiger partial charge in [0.05, 0.1) is 0 Å². The summed E-state index contributed by atoms with van der Waals surface area (Å²) in [7, 11) is 0. The van der Waals surface area contributed by atoms with E-state index in [1.54, 1.807) is 5.38 Å². The molecule has 0 N–H and O–H groups in total. The molecule has 3 aromatic rings. The average molecular weight is 351 g/mol. The smallest absolute Gasteiger partial charge is 0.358 e. The van der Waals surface area contributed by atoms with Gasteiger partial charge in [-0.3, -0.25) is 4.79 Å². The molecule has 3 rings (SSSR count). The monoisotopic (exact) mass is 351 g/mol. The summed E-state index contributed by atoms with van der Waals surface area (Å²) in [5, 5.41) is 2.39. The molecule has 0 aliphatic rings. The first-order valence-electron chi connectivity index (χ1n) is 7.83. The van der Waals surface area contributed by atoms with Crippen LogP contribution in [-0.2, 0) is 4.74 Å². The van der Waals surface area contributed by atoms with Crippen molar-refractivity contribution < 1.29 is 14.3 Å². The van der Waals surface area contributed by atoms with Crippen LogP contribution in [0.15, 0.2) is 53.9 Å². The molecule has 0 fully saturated rings. The molecule has 0 unspecified atom stereocenters. The van der Waals surface area contributed by atoms with E-state index in [-0.39, 0.29) is 18.1 Å². The molecule has 126 valence electrons. The fourth-order valence-corrected chi connectivity index (χ4v) is 3.20. The van der Waals surface area contributed by atoms with Gasteiger partial charge in [0.1, 0.15) is 5.01 Å². The fourth-order valence-electron chi connectivity index (χ4n) is 2.40. The number of benzene rings is 2. The Labute approximate surface area is 150 Å². The largest absolute Gasteiger partial charge is 0.453 e. The van der Waals surface area contributed by atoms with E-state index in [9.17, 15) is 9.59 Å². The standard InChI is InChI=1S/C20H17NO3S/c1-13-8-9-14(2)16(10-13)18(22)11-24-20(23)17-12-25-19(21-17)15-6-4-3-5-7-15/h3-10,12H,11H2,1-2H3. The maximum absolute atomic E-state index is 12.3. The predicted octanol–water partition coefficient (Wildman–Crippen LogP) is 4.47. The lowest BCUT2D eigenvalue weighted by Crippen LogP contribution is -2.15. The Bertz CT molecular complexity index is 916. The van der Waals surface area contributed by atoms with Crippen LogP contribution in [0.25, 0.3) is 10.6 Å². The van der Waals surface area contributed by atoms with Crippen molar-refractivity contribution in [3.05, 3.63) is 76.3 Å². The van der Waals surface area contributed by atoms with Crippen molar-refractivity contribution in [1.29, 1.82) is 0 Å². The quantitative estimate of drug-likeness (QED) is 0.503. The molecule has 1 heterocycles. The molecule has 0 saturated heterocycles. The molecule has 2 aromatic carbocycles. The number of Topliss-reactive ketones (excluding diaryl/α,β-unsaturated/α-hetero) is 1. The third-order valence-electron chi connectivity index (χ3n) is 3.76. The minimum Gasteiger partial charge on any atom is -0.453 e. The van der Waals surface area contributed by atoms with Crippen molar-refractivity contribution >= 4 is 23.1 Å². The summed E-state index contributed by atoms with van der Waals surface area (Å²) in [5.41, 5.74) is 3.60. The maximum Gasteiger partial charge on any atom is 0.358 e. The lowest BCUT2D eigenvalue weighted by Gasteiger charge is -2.06. The van der Waals surface area contributed by atoms with Gasteiger partial charge in [-0.05, 0) is 25.5 Å².